The maximum Gasteiger partial charge on any atom is 0.422 e. The number of aromatic nitrogens is 1. The molecule has 7 nitrogen and oxygen atoms in total. The van der Waals surface area contributed by atoms with E-state index in [9.17, 15) is 13.2 Å². The van der Waals surface area contributed by atoms with Gasteiger partial charge in [0, 0.05) is 37.0 Å². The predicted molar refractivity (Wildman–Crippen MR) is 107 cm³/mol. The van der Waals surface area contributed by atoms with Crippen molar-refractivity contribution < 1.29 is 27.4 Å². The van der Waals surface area contributed by atoms with Crippen LogP contribution in [0.2, 0.25) is 0 Å². The van der Waals surface area contributed by atoms with Gasteiger partial charge in [-0.2, -0.15) is 13.2 Å². The average molecular weight is 426 g/mol. The van der Waals surface area contributed by atoms with Gasteiger partial charge in [-0.05, 0) is 30.7 Å². The number of rotatable bonds is 9. The van der Waals surface area contributed by atoms with Crippen LogP contribution in [-0.4, -0.2) is 44.5 Å². The van der Waals surface area contributed by atoms with E-state index < -0.39 is 12.8 Å². The number of halogens is 3. The van der Waals surface area contributed by atoms with Crippen LogP contribution in [-0.2, 0) is 13.1 Å². The van der Waals surface area contributed by atoms with Gasteiger partial charge in [0.05, 0.1) is 20.8 Å². The van der Waals surface area contributed by atoms with Crippen molar-refractivity contribution >= 4 is 5.96 Å². The first-order valence-electron chi connectivity index (χ1n) is 9.22. The molecule has 0 aliphatic heterocycles. The third kappa shape index (κ3) is 7.69. The SMILES string of the molecule is CCNC(=NCc1ccnc(OCC(F)(F)F)c1)NCc1ccc(OC)cc1OC. The smallest absolute Gasteiger partial charge is 0.422 e. The minimum Gasteiger partial charge on any atom is -0.497 e. The Hall–Kier alpha value is -3.17. The zero-order valence-electron chi connectivity index (χ0n) is 17.0. The summed E-state index contributed by atoms with van der Waals surface area (Å²) >= 11 is 0. The van der Waals surface area contributed by atoms with Gasteiger partial charge in [0.1, 0.15) is 11.5 Å². The Morgan fingerprint density at radius 2 is 1.90 bits per heavy atom. The summed E-state index contributed by atoms with van der Waals surface area (Å²) < 4.78 is 52.1. The molecule has 0 aliphatic carbocycles. The van der Waals surface area contributed by atoms with Crippen LogP contribution in [0.4, 0.5) is 13.2 Å². The van der Waals surface area contributed by atoms with E-state index in [1.807, 2.05) is 19.1 Å². The van der Waals surface area contributed by atoms with Crippen LogP contribution < -0.4 is 24.8 Å². The molecule has 0 saturated carbocycles. The molecule has 0 amide bonds. The van der Waals surface area contributed by atoms with Crippen LogP contribution in [0.15, 0.2) is 41.5 Å². The number of pyridine rings is 1. The third-order valence-corrected chi connectivity index (χ3v) is 3.89. The number of methoxy groups -OCH3 is 2. The molecule has 0 radical (unpaired) electrons. The summed E-state index contributed by atoms with van der Waals surface area (Å²) in [5, 5.41) is 6.32. The normalized spacial score (nSPS) is 11.7. The Labute approximate surface area is 173 Å². The first-order valence-corrected chi connectivity index (χ1v) is 9.22. The van der Waals surface area contributed by atoms with Crippen LogP contribution in [0.3, 0.4) is 0 Å². The van der Waals surface area contributed by atoms with Gasteiger partial charge >= 0.3 is 6.18 Å². The number of nitrogens with zero attached hydrogens (tertiary/aromatic N) is 2. The van der Waals surface area contributed by atoms with Crippen LogP contribution in [0.5, 0.6) is 17.4 Å². The molecular formula is C20H25F3N4O3. The molecule has 164 valence electrons. The minimum atomic E-state index is -4.42. The molecule has 10 heteroatoms. The number of nitrogens with one attached hydrogen (secondary N) is 2. The van der Waals surface area contributed by atoms with Crippen LogP contribution in [0, 0.1) is 0 Å². The summed E-state index contributed by atoms with van der Waals surface area (Å²) in [6, 6.07) is 8.62. The van der Waals surface area contributed by atoms with Gasteiger partial charge in [-0.3, -0.25) is 0 Å². The largest absolute Gasteiger partial charge is 0.497 e. The number of alkyl halides is 3. The third-order valence-electron chi connectivity index (χ3n) is 3.89. The first-order chi connectivity index (χ1) is 14.3. The van der Waals surface area contributed by atoms with Gasteiger partial charge in [-0.1, -0.05) is 0 Å². The number of aliphatic imine (C=N–C) groups is 1. The van der Waals surface area contributed by atoms with E-state index in [0.29, 0.717) is 36.1 Å². The van der Waals surface area contributed by atoms with E-state index in [1.54, 1.807) is 26.4 Å². The summed E-state index contributed by atoms with van der Waals surface area (Å²) in [4.78, 5) is 8.25. The molecule has 1 aromatic carbocycles. The Morgan fingerprint density at radius 1 is 1.10 bits per heavy atom. The van der Waals surface area contributed by atoms with E-state index in [4.69, 9.17) is 9.47 Å². The predicted octanol–water partition coefficient (Wildman–Crippen LogP) is 3.30. The molecule has 0 unspecified atom stereocenters. The molecule has 0 spiro atoms. The standard InChI is InChI=1S/C20H25F3N4O3/c1-4-24-19(27-12-15-5-6-16(28-2)10-17(15)29-3)26-11-14-7-8-25-18(9-14)30-13-20(21,22)23/h5-10H,4,11-13H2,1-3H3,(H2,24,26,27). The lowest BCUT2D eigenvalue weighted by Crippen LogP contribution is -2.36. The van der Waals surface area contributed by atoms with Gasteiger partial charge < -0.3 is 24.8 Å². The summed E-state index contributed by atoms with van der Waals surface area (Å²) in [5.41, 5.74) is 1.58. The monoisotopic (exact) mass is 426 g/mol. The summed E-state index contributed by atoms with van der Waals surface area (Å²) in [6.45, 7) is 1.87. The van der Waals surface area contributed by atoms with Crippen molar-refractivity contribution in [3.05, 3.63) is 47.7 Å². The molecule has 0 aliphatic rings. The van der Waals surface area contributed by atoms with E-state index in [0.717, 1.165) is 5.56 Å². The number of guanidine groups is 1. The second kappa shape index (κ2) is 11.1. The highest BCUT2D eigenvalue weighted by Crippen LogP contribution is 2.24. The van der Waals surface area contributed by atoms with Crippen molar-refractivity contribution in [3.8, 4) is 17.4 Å². The summed E-state index contributed by atoms with van der Waals surface area (Å²) in [5.74, 6) is 1.82. The first kappa shape index (κ1) is 23.1. The Bertz CT molecular complexity index is 844. The topological polar surface area (TPSA) is 77.0 Å². The highest BCUT2D eigenvalue weighted by Gasteiger charge is 2.28. The van der Waals surface area contributed by atoms with Crippen LogP contribution in [0.25, 0.3) is 0 Å². The molecule has 0 saturated heterocycles. The van der Waals surface area contributed by atoms with Crippen molar-refractivity contribution in [2.75, 3.05) is 27.4 Å². The summed E-state index contributed by atoms with van der Waals surface area (Å²) in [7, 11) is 3.17. The van der Waals surface area contributed by atoms with Crippen LogP contribution in [0.1, 0.15) is 18.1 Å². The molecule has 0 bridgehead atoms. The number of hydrogen-bond acceptors (Lipinski definition) is 5. The highest BCUT2D eigenvalue weighted by atomic mass is 19.4. The van der Waals surface area contributed by atoms with E-state index in [-0.39, 0.29) is 12.4 Å². The molecular weight excluding hydrogens is 401 g/mol. The number of ether oxygens (including phenoxy) is 3. The summed E-state index contributed by atoms with van der Waals surface area (Å²) in [6.07, 6.45) is -3.03. The van der Waals surface area contributed by atoms with Crippen molar-refractivity contribution in [2.45, 2.75) is 26.2 Å². The lowest BCUT2D eigenvalue weighted by atomic mass is 10.2. The second-order valence-electron chi connectivity index (χ2n) is 6.13. The molecule has 0 atom stereocenters. The van der Waals surface area contributed by atoms with Gasteiger partial charge in [0.2, 0.25) is 5.88 Å². The maximum atomic E-state index is 12.3. The second-order valence-corrected chi connectivity index (χ2v) is 6.13. The molecule has 1 heterocycles. The molecule has 2 rings (SSSR count). The van der Waals surface area contributed by atoms with Gasteiger partial charge in [-0.25, -0.2) is 9.98 Å². The Morgan fingerprint density at radius 3 is 2.57 bits per heavy atom. The quantitative estimate of drug-likeness (QED) is 0.473. The molecule has 2 aromatic rings. The lowest BCUT2D eigenvalue weighted by molar-refractivity contribution is -0.154. The zero-order valence-corrected chi connectivity index (χ0v) is 17.0. The zero-order chi connectivity index (χ0) is 22.0. The number of hydrogen-bond donors (Lipinski definition) is 2. The maximum absolute atomic E-state index is 12.3. The van der Waals surface area contributed by atoms with Crippen molar-refractivity contribution in [2.24, 2.45) is 4.99 Å². The fraction of sp³-hybridized carbons (Fsp3) is 0.400. The number of benzene rings is 1. The Balaban J connectivity index is 2.03. The fourth-order valence-electron chi connectivity index (χ4n) is 2.47. The fourth-order valence-corrected chi connectivity index (χ4v) is 2.47. The van der Waals surface area contributed by atoms with Crippen LogP contribution >= 0.6 is 0 Å². The van der Waals surface area contributed by atoms with Gasteiger partial charge in [0.15, 0.2) is 12.6 Å². The van der Waals surface area contributed by atoms with Crippen molar-refractivity contribution in [3.63, 3.8) is 0 Å². The molecule has 30 heavy (non-hydrogen) atoms. The highest BCUT2D eigenvalue weighted by molar-refractivity contribution is 5.79. The lowest BCUT2D eigenvalue weighted by Gasteiger charge is -2.14. The Kier molecular flexibility index (Phi) is 8.57. The molecule has 1 aromatic heterocycles. The van der Waals surface area contributed by atoms with E-state index in [1.165, 1.54) is 12.3 Å². The van der Waals surface area contributed by atoms with E-state index >= 15 is 0 Å². The van der Waals surface area contributed by atoms with Gasteiger partial charge in [-0.15, -0.1) is 0 Å². The molecule has 2 N–H and O–H groups in total. The van der Waals surface area contributed by atoms with E-state index in [2.05, 4.69) is 25.3 Å². The minimum absolute atomic E-state index is 0.0963. The van der Waals surface area contributed by atoms with Crippen molar-refractivity contribution in [1.29, 1.82) is 0 Å². The molecule has 0 fully saturated rings. The average Bonchev–Trinajstić information content (AvgIpc) is 2.74. The van der Waals surface area contributed by atoms with Crippen molar-refractivity contribution in [1.82, 2.24) is 15.6 Å². The van der Waals surface area contributed by atoms with Gasteiger partial charge in [0.25, 0.3) is 0 Å².